The summed E-state index contributed by atoms with van der Waals surface area (Å²) < 4.78 is 4.87. The second-order valence-electron chi connectivity index (χ2n) is 5.09. The van der Waals surface area contributed by atoms with Crippen LogP contribution in [0.15, 0.2) is 30.3 Å². The molecular formula is C16H17NO2S. The molecule has 0 spiro atoms. The van der Waals surface area contributed by atoms with Crippen molar-refractivity contribution >= 4 is 22.3 Å². The van der Waals surface area contributed by atoms with Crippen LogP contribution in [-0.4, -0.2) is 13.1 Å². The van der Waals surface area contributed by atoms with Gasteiger partial charge in [-0.2, -0.15) is 0 Å². The van der Waals surface area contributed by atoms with Crippen LogP contribution in [0.25, 0.3) is 0 Å². The number of anilines is 1. The molecule has 2 aromatic rings. The number of fused-ring (bicyclic) bond motifs is 1. The van der Waals surface area contributed by atoms with Crippen molar-refractivity contribution < 1.29 is 9.53 Å². The minimum atomic E-state index is -0.311. The molecule has 1 aromatic carbocycles. The summed E-state index contributed by atoms with van der Waals surface area (Å²) in [4.78, 5) is 13.2. The van der Waals surface area contributed by atoms with Crippen LogP contribution in [0.1, 0.15) is 38.7 Å². The summed E-state index contributed by atoms with van der Waals surface area (Å²) in [5, 5.41) is 0.593. The van der Waals surface area contributed by atoms with Crippen LogP contribution in [0.4, 0.5) is 5.00 Å². The molecule has 104 valence electrons. The first-order chi connectivity index (χ1) is 9.70. The third-order valence-corrected chi connectivity index (χ3v) is 5.07. The van der Waals surface area contributed by atoms with Crippen LogP contribution >= 0.6 is 11.3 Å². The standard InChI is InChI=1S/C16H17NO2S/c1-19-16(18)14-12-9-11(10-5-3-2-4-6-10)7-8-13(12)20-15(14)17/h2-6,11H,7-9,17H2,1H3. The number of carbonyl (C=O) groups is 1. The Hall–Kier alpha value is -1.81. The monoisotopic (exact) mass is 287 g/mol. The molecule has 0 aliphatic heterocycles. The zero-order valence-corrected chi connectivity index (χ0v) is 12.2. The smallest absolute Gasteiger partial charge is 0.341 e. The van der Waals surface area contributed by atoms with Gasteiger partial charge in [0.2, 0.25) is 0 Å². The summed E-state index contributed by atoms with van der Waals surface area (Å²) in [6.07, 6.45) is 2.97. The number of nitrogens with two attached hydrogens (primary N) is 1. The van der Waals surface area contributed by atoms with Crippen molar-refractivity contribution in [2.75, 3.05) is 12.8 Å². The van der Waals surface area contributed by atoms with E-state index in [0.29, 0.717) is 16.5 Å². The zero-order valence-electron chi connectivity index (χ0n) is 11.4. The maximum atomic E-state index is 11.9. The first-order valence-electron chi connectivity index (χ1n) is 6.74. The second-order valence-corrected chi connectivity index (χ2v) is 6.22. The van der Waals surface area contributed by atoms with Crippen molar-refractivity contribution in [2.24, 2.45) is 0 Å². The van der Waals surface area contributed by atoms with E-state index >= 15 is 0 Å². The lowest BCUT2D eigenvalue weighted by atomic mass is 9.82. The highest BCUT2D eigenvalue weighted by Gasteiger charge is 2.29. The molecule has 0 radical (unpaired) electrons. The van der Waals surface area contributed by atoms with E-state index in [0.717, 1.165) is 24.8 Å². The summed E-state index contributed by atoms with van der Waals surface area (Å²) in [7, 11) is 1.41. The Morgan fingerprint density at radius 2 is 2.10 bits per heavy atom. The van der Waals surface area contributed by atoms with Crippen LogP contribution in [0.3, 0.4) is 0 Å². The van der Waals surface area contributed by atoms with Gasteiger partial charge in [-0.15, -0.1) is 11.3 Å². The summed E-state index contributed by atoms with van der Waals surface area (Å²) in [6.45, 7) is 0. The Balaban J connectivity index is 1.96. The molecule has 3 rings (SSSR count). The summed E-state index contributed by atoms with van der Waals surface area (Å²) in [6, 6.07) is 10.5. The molecule has 0 amide bonds. The Bertz CT molecular complexity index is 633. The SMILES string of the molecule is COC(=O)c1c(N)sc2c1CC(c1ccccc1)CC2. The lowest BCUT2D eigenvalue weighted by Gasteiger charge is -2.23. The van der Waals surface area contributed by atoms with Gasteiger partial charge in [0.15, 0.2) is 0 Å². The molecule has 2 N–H and O–H groups in total. The molecule has 1 heterocycles. The normalized spacial score (nSPS) is 17.6. The number of methoxy groups -OCH3 is 1. The number of hydrogen-bond donors (Lipinski definition) is 1. The van der Waals surface area contributed by atoms with Crippen molar-refractivity contribution in [3.8, 4) is 0 Å². The fourth-order valence-corrected chi connectivity index (χ4v) is 4.04. The van der Waals surface area contributed by atoms with Gasteiger partial charge in [-0.1, -0.05) is 30.3 Å². The van der Waals surface area contributed by atoms with Crippen LogP contribution in [-0.2, 0) is 17.6 Å². The Morgan fingerprint density at radius 3 is 2.80 bits per heavy atom. The Morgan fingerprint density at radius 1 is 1.35 bits per heavy atom. The largest absolute Gasteiger partial charge is 0.465 e. The van der Waals surface area contributed by atoms with E-state index in [1.807, 2.05) is 6.07 Å². The van der Waals surface area contributed by atoms with Crippen LogP contribution < -0.4 is 5.73 Å². The van der Waals surface area contributed by atoms with Gasteiger partial charge in [-0.05, 0) is 36.3 Å². The molecule has 1 aromatic heterocycles. The van der Waals surface area contributed by atoms with Crippen molar-refractivity contribution in [3.05, 3.63) is 51.9 Å². The molecule has 0 fully saturated rings. The summed E-state index contributed by atoms with van der Waals surface area (Å²) in [5.41, 5.74) is 9.02. The molecule has 1 aliphatic carbocycles. The van der Waals surface area contributed by atoms with Gasteiger partial charge in [0, 0.05) is 4.88 Å². The number of carbonyl (C=O) groups excluding carboxylic acids is 1. The summed E-state index contributed by atoms with van der Waals surface area (Å²) in [5.74, 6) is 0.148. The highest BCUT2D eigenvalue weighted by Crippen LogP contribution is 2.41. The quantitative estimate of drug-likeness (QED) is 0.861. The molecule has 4 heteroatoms. The second kappa shape index (κ2) is 5.29. The van der Waals surface area contributed by atoms with Crippen molar-refractivity contribution in [1.82, 2.24) is 0 Å². The van der Waals surface area contributed by atoms with E-state index in [1.165, 1.54) is 28.9 Å². The number of ether oxygens (including phenoxy) is 1. The molecule has 1 aliphatic rings. The number of benzene rings is 1. The molecule has 0 saturated carbocycles. The number of esters is 1. The molecule has 3 nitrogen and oxygen atoms in total. The van der Waals surface area contributed by atoms with Crippen molar-refractivity contribution in [3.63, 3.8) is 0 Å². The van der Waals surface area contributed by atoms with Crippen LogP contribution in [0, 0.1) is 0 Å². The third-order valence-electron chi connectivity index (χ3n) is 3.95. The predicted molar refractivity (Wildman–Crippen MR) is 81.3 cm³/mol. The molecule has 0 bridgehead atoms. The minimum absolute atomic E-state index is 0.311. The van der Waals surface area contributed by atoms with E-state index in [9.17, 15) is 4.79 Å². The number of aryl methyl sites for hydroxylation is 1. The molecule has 0 saturated heterocycles. The van der Waals surface area contributed by atoms with Gasteiger partial charge in [0.05, 0.1) is 12.7 Å². The molecule has 1 unspecified atom stereocenters. The summed E-state index contributed by atoms with van der Waals surface area (Å²) >= 11 is 1.53. The van der Waals surface area contributed by atoms with E-state index in [-0.39, 0.29) is 5.97 Å². The van der Waals surface area contributed by atoms with Crippen molar-refractivity contribution in [1.29, 1.82) is 0 Å². The highest BCUT2D eigenvalue weighted by molar-refractivity contribution is 7.16. The lowest BCUT2D eigenvalue weighted by molar-refractivity contribution is 0.0601. The van der Waals surface area contributed by atoms with Crippen molar-refractivity contribution in [2.45, 2.75) is 25.2 Å². The Labute approximate surface area is 122 Å². The fourth-order valence-electron chi connectivity index (χ4n) is 2.94. The molecule has 20 heavy (non-hydrogen) atoms. The number of nitrogen functional groups attached to an aromatic ring is 1. The van der Waals surface area contributed by atoms with Gasteiger partial charge >= 0.3 is 5.97 Å². The van der Waals surface area contributed by atoms with E-state index < -0.39 is 0 Å². The molecule has 1 atom stereocenters. The van der Waals surface area contributed by atoms with Gasteiger partial charge < -0.3 is 10.5 Å². The third kappa shape index (κ3) is 2.20. The first kappa shape index (κ1) is 13.2. The maximum absolute atomic E-state index is 11.9. The topological polar surface area (TPSA) is 52.3 Å². The van der Waals surface area contributed by atoms with Gasteiger partial charge in [0.25, 0.3) is 0 Å². The number of rotatable bonds is 2. The maximum Gasteiger partial charge on any atom is 0.341 e. The fraction of sp³-hybridized carbons (Fsp3) is 0.312. The van der Waals surface area contributed by atoms with E-state index in [2.05, 4.69) is 24.3 Å². The van der Waals surface area contributed by atoms with E-state index in [1.54, 1.807) is 0 Å². The highest BCUT2D eigenvalue weighted by atomic mass is 32.1. The average molecular weight is 287 g/mol. The number of hydrogen-bond acceptors (Lipinski definition) is 4. The van der Waals surface area contributed by atoms with Crippen LogP contribution in [0.2, 0.25) is 0 Å². The zero-order chi connectivity index (χ0) is 14.1. The van der Waals surface area contributed by atoms with Gasteiger partial charge in [0.1, 0.15) is 5.00 Å². The predicted octanol–water partition coefficient (Wildman–Crippen LogP) is 3.39. The average Bonchev–Trinajstić information content (AvgIpc) is 2.82. The van der Waals surface area contributed by atoms with Gasteiger partial charge in [-0.25, -0.2) is 4.79 Å². The first-order valence-corrected chi connectivity index (χ1v) is 7.55. The molecular weight excluding hydrogens is 270 g/mol. The lowest BCUT2D eigenvalue weighted by Crippen LogP contribution is -2.14. The Kier molecular flexibility index (Phi) is 3.49. The number of thiophene rings is 1. The minimum Gasteiger partial charge on any atom is -0.465 e. The van der Waals surface area contributed by atoms with Gasteiger partial charge in [-0.3, -0.25) is 0 Å². The van der Waals surface area contributed by atoms with Crippen LogP contribution in [0.5, 0.6) is 0 Å². The van der Waals surface area contributed by atoms with E-state index in [4.69, 9.17) is 10.5 Å².